The quantitative estimate of drug-likeness (QED) is 0.647. The lowest BCUT2D eigenvalue weighted by atomic mass is 9.97. The molecular formula is C14H18BrNO4S. The van der Waals surface area contributed by atoms with Crippen molar-refractivity contribution in [3.05, 3.63) is 28.2 Å². The summed E-state index contributed by atoms with van der Waals surface area (Å²) in [5, 5.41) is -0.423. The topological polar surface area (TPSA) is 86.5 Å². The van der Waals surface area contributed by atoms with E-state index in [2.05, 4.69) is 15.9 Å². The number of nitrogens with two attached hydrogens (primary N) is 1. The van der Waals surface area contributed by atoms with Crippen LogP contribution in [0, 0.1) is 0 Å². The smallest absolute Gasteiger partial charge is 0.339 e. The molecule has 1 aromatic carbocycles. The Bertz CT molecular complexity index is 644. The van der Waals surface area contributed by atoms with Crippen LogP contribution in [0.5, 0.6) is 0 Å². The lowest BCUT2D eigenvalue weighted by Crippen LogP contribution is -2.33. The molecule has 0 radical (unpaired) electrons. The lowest BCUT2D eigenvalue weighted by Gasteiger charge is -2.27. The van der Waals surface area contributed by atoms with Crippen molar-refractivity contribution in [2.45, 2.75) is 37.0 Å². The second kappa shape index (κ2) is 6.36. The molecule has 116 valence electrons. The van der Waals surface area contributed by atoms with Crippen LogP contribution in [0.3, 0.4) is 0 Å². The van der Waals surface area contributed by atoms with Crippen LogP contribution in [0.25, 0.3) is 0 Å². The second-order valence-corrected chi connectivity index (χ2v) is 8.56. The maximum absolute atomic E-state index is 12.2. The zero-order valence-electron chi connectivity index (χ0n) is 11.7. The molecule has 0 bridgehead atoms. The van der Waals surface area contributed by atoms with Crippen LogP contribution in [0.1, 0.15) is 36.0 Å². The summed E-state index contributed by atoms with van der Waals surface area (Å²) in [6.45, 7) is 0. The van der Waals surface area contributed by atoms with Crippen molar-refractivity contribution < 1.29 is 17.9 Å². The molecule has 0 amide bonds. The van der Waals surface area contributed by atoms with Crippen LogP contribution in [-0.2, 0) is 14.6 Å². The molecular weight excluding hydrogens is 358 g/mol. The fourth-order valence-electron chi connectivity index (χ4n) is 2.51. The van der Waals surface area contributed by atoms with Gasteiger partial charge in [-0.3, -0.25) is 0 Å². The number of benzene rings is 1. The van der Waals surface area contributed by atoms with E-state index in [0.29, 0.717) is 35.0 Å². The Balaban J connectivity index is 2.07. The standard InChI is InChI=1S/C14H18BrNO4S/c1-21(18,19)11-4-2-3-10(8-11)20-14(17)12-7-9(16)5-6-13(12)15/h5-7,10-11H,2-4,8,16H2,1H3. The van der Waals surface area contributed by atoms with Crippen molar-refractivity contribution in [1.82, 2.24) is 0 Å². The van der Waals surface area contributed by atoms with Gasteiger partial charge in [0, 0.05) is 22.8 Å². The predicted octanol–water partition coefficient (Wildman–Crippen LogP) is 2.54. The molecule has 21 heavy (non-hydrogen) atoms. The number of nitrogen functional groups attached to an aromatic ring is 1. The number of rotatable bonds is 3. The van der Waals surface area contributed by atoms with Crippen molar-refractivity contribution in [3.8, 4) is 0 Å². The summed E-state index contributed by atoms with van der Waals surface area (Å²) in [5.41, 5.74) is 6.50. The lowest BCUT2D eigenvalue weighted by molar-refractivity contribution is 0.0214. The molecule has 2 rings (SSSR count). The number of ether oxygens (including phenoxy) is 1. The summed E-state index contributed by atoms with van der Waals surface area (Å²) in [7, 11) is -3.09. The van der Waals surface area contributed by atoms with E-state index >= 15 is 0 Å². The first-order chi connectivity index (χ1) is 9.77. The third kappa shape index (κ3) is 4.20. The van der Waals surface area contributed by atoms with Crippen molar-refractivity contribution >= 4 is 37.4 Å². The SMILES string of the molecule is CS(=O)(=O)C1CCCC(OC(=O)c2cc(N)ccc2Br)C1. The van der Waals surface area contributed by atoms with E-state index in [-0.39, 0.29) is 6.10 Å². The van der Waals surface area contributed by atoms with Gasteiger partial charge in [-0.1, -0.05) is 0 Å². The Morgan fingerprint density at radius 3 is 2.76 bits per heavy atom. The highest BCUT2D eigenvalue weighted by molar-refractivity contribution is 9.10. The first kappa shape index (κ1) is 16.3. The Kier molecular flexibility index (Phi) is 4.93. The number of hydrogen-bond acceptors (Lipinski definition) is 5. The molecule has 0 aliphatic heterocycles. The summed E-state index contributed by atoms with van der Waals surface area (Å²) in [6, 6.07) is 4.91. The highest BCUT2D eigenvalue weighted by Crippen LogP contribution is 2.28. The molecule has 2 atom stereocenters. The van der Waals surface area contributed by atoms with Gasteiger partial charge < -0.3 is 10.5 Å². The van der Waals surface area contributed by atoms with Gasteiger partial charge in [-0.15, -0.1) is 0 Å². The Morgan fingerprint density at radius 2 is 2.10 bits per heavy atom. The first-order valence-corrected chi connectivity index (χ1v) is 9.47. The van der Waals surface area contributed by atoms with E-state index in [9.17, 15) is 13.2 Å². The minimum atomic E-state index is -3.09. The fourth-order valence-corrected chi connectivity index (χ4v) is 4.08. The molecule has 0 aromatic heterocycles. The summed E-state index contributed by atoms with van der Waals surface area (Å²) >= 11 is 3.29. The van der Waals surface area contributed by atoms with Gasteiger partial charge in [0.1, 0.15) is 15.9 Å². The molecule has 2 N–H and O–H groups in total. The Morgan fingerprint density at radius 1 is 1.38 bits per heavy atom. The van der Waals surface area contributed by atoms with Crippen LogP contribution < -0.4 is 5.73 Å². The Hall–Kier alpha value is -1.08. The largest absolute Gasteiger partial charge is 0.459 e. The molecule has 1 aliphatic carbocycles. The minimum Gasteiger partial charge on any atom is -0.459 e. The molecule has 0 spiro atoms. The minimum absolute atomic E-state index is 0.358. The number of carbonyl (C=O) groups is 1. The van der Waals surface area contributed by atoms with E-state index in [1.807, 2.05) is 0 Å². The normalized spacial score (nSPS) is 22.8. The van der Waals surface area contributed by atoms with Gasteiger partial charge in [0.05, 0.1) is 10.8 Å². The van der Waals surface area contributed by atoms with Crippen molar-refractivity contribution in [1.29, 1.82) is 0 Å². The summed E-state index contributed by atoms with van der Waals surface area (Å²) < 4.78 is 29.3. The number of carbonyl (C=O) groups excluding carboxylic acids is 1. The van der Waals surface area contributed by atoms with E-state index in [1.54, 1.807) is 18.2 Å². The summed E-state index contributed by atoms with van der Waals surface area (Å²) in [4.78, 5) is 12.2. The van der Waals surface area contributed by atoms with Gasteiger partial charge in [-0.2, -0.15) is 0 Å². The zero-order valence-corrected chi connectivity index (χ0v) is 14.1. The summed E-state index contributed by atoms with van der Waals surface area (Å²) in [5.74, 6) is -0.478. The maximum Gasteiger partial charge on any atom is 0.339 e. The van der Waals surface area contributed by atoms with Gasteiger partial charge in [-0.25, -0.2) is 13.2 Å². The molecule has 7 heteroatoms. The van der Waals surface area contributed by atoms with Crippen LogP contribution in [0.15, 0.2) is 22.7 Å². The van der Waals surface area contributed by atoms with Gasteiger partial charge >= 0.3 is 5.97 Å². The van der Waals surface area contributed by atoms with Gasteiger partial charge in [0.25, 0.3) is 0 Å². The third-order valence-corrected chi connectivity index (χ3v) is 6.00. The van der Waals surface area contributed by atoms with E-state index in [0.717, 1.165) is 6.42 Å². The van der Waals surface area contributed by atoms with Gasteiger partial charge in [0.15, 0.2) is 0 Å². The summed E-state index contributed by atoms with van der Waals surface area (Å²) in [6.07, 6.45) is 3.31. The molecule has 1 fully saturated rings. The van der Waals surface area contributed by atoms with Gasteiger partial charge in [0.2, 0.25) is 0 Å². The highest BCUT2D eigenvalue weighted by Gasteiger charge is 2.31. The van der Waals surface area contributed by atoms with E-state index in [1.165, 1.54) is 6.26 Å². The molecule has 1 aliphatic rings. The molecule has 0 heterocycles. The van der Waals surface area contributed by atoms with Crippen molar-refractivity contribution in [3.63, 3.8) is 0 Å². The zero-order chi connectivity index (χ0) is 15.6. The number of esters is 1. The van der Waals surface area contributed by atoms with Crippen LogP contribution in [0.4, 0.5) is 5.69 Å². The van der Waals surface area contributed by atoms with Crippen LogP contribution in [-0.4, -0.2) is 32.0 Å². The molecule has 5 nitrogen and oxygen atoms in total. The van der Waals surface area contributed by atoms with Crippen molar-refractivity contribution in [2.75, 3.05) is 12.0 Å². The van der Waals surface area contributed by atoms with Gasteiger partial charge in [-0.05, 0) is 53.4 Å². The number of anilines is 1. The fraction of sp³-hybridized carbons (Fsp3) is 0.500. The monoisotopic (exact) mass is 375 g/mol. The maximum atomic E-state index is 12.2. The number of sulfone groups is 1. The number of halogens is 1. The molecule has 2 unspecified atom stereocenters. The third-order valence-electron chi connectivity index (χ3n) is 3.67. The van der Waals surface area contributed by atoms with E-state index < -0.39 is 21.1 Å². The predicted molar refractivity (Wildman–Crippen MR) is 84.9 cm³/mol. The average molecular weight is 376 g/mol. The Labute approximate surface area is 132 Å². The molecule has 1 saturated carbocycles. The molecule has 0 saturated heterocycles. The number of hydrogen-bond donors (Lipinski definition) is 1. The first-order valence-electron chi connectivity index (χ1n) is 6.72. The molecule has 1 aromatic rings. The second-order valence-electron chi connectivity index (χ2n) is 5.38. The highest BCUT2D eigenvalue weighted by atomic mass is 79.9. The van der Waals surface area contributed by atoms with Crippen molar-refractivity contribution in [2.24, 2.45) is 0 Å². The average Bonchev–Trinajstić information content (AvgIpc) is 2.41. The van der Waals surface area contributed by atoms with E-state index in [4.69, 9.17) is 10.5 Å². The van der Waals surface area contributed by atoms with Crippen LogP contribution in [0.2, 0.25) is 0 Å². The van der Waals surface area contributed by atoms with Crippen LogP contribution >= 0.6 is 15.9 Å².